The average molecular weight is 411 g/mol. The zero-order valence-corrected chi connectivity index (χ0v) is 16.8. The van der Waals surface area contributed by atoms with E-state index in [9.17, 15) is 19.7 Å². The second kappa shape index (κ2) is 8.45. The van der Waals surface area contributed by atoms with Gasteiger partial charge in [0.05, 0.1) is 21.2 Å². The first-order valence-corrected chi connectivity index (χ1v) is 9.29. The summed E-state index contributed by atoms with van der Waals surface area (Å²) in [6.07, 6.45) is 0. The van der Waals surface area contributed by atoms with Crippen LogP contribution >= 0.6 is 22.9 Å². The molecule has 2 N–H and O–H groups in total. The molecule has 0 saturated heterocycles. The van der Waals surface area contributed by atoms with Crippen molar-refractivity contribution in [2.75, 3.05) is 5.32 Å². The van der Waals surface area contributed by atoms with Gasteiger partial charge in [0.2, 0.25) is 5.91 Å². The molecule has 0 aliphatic heterocycles. The van der Waals surface area contributed by atoms with Crippen molar-refractivity contribution in [2.45, 2.75) is 33.7 Å². The quantitative estimate of drug-likeness (QED) is 0.556. The Balaban J connectivity index is 2.16. The van der Waals surface area contributed by atoms with Crippen LogP contribution in [0.15, 0.2) is 18.2 Å². The number of amides is 2. The maximum atomic E-state index is 12.6. The zero-order valence-electron chi connectivity index (χ0n) is 15.2. The number of hydrogen-bond acceptors (Lipinski definition) is 6. The summed E-state index contributed by atoms with van der Waals surface area (Å²) in [6, 6.07) is 2.72. The minimum atomic E-state index is -0.826. The van der Waals surface area contributed by atoms with Crippen LogP contribution in [0.1, 0.15) is 34.8 Å². The number of nitro groups is 1. The van der Waals surface area contributed by atoms with Crippen molar-refractivity contribution in [1.82, 2.24) is 10.3 Å². The van der Waals surface area contributed by atoms with Crippen molar-refractivity contribution < 1.29 is 14.5 Å². The van der Waals surface area contributed by atoms with Crippen LogP contribution < -0.4 is 10.6 Å². The van der Waals surface area contributed by atoms with Crippen molar-refractivity contribution in [3.05, 3.63) is 49.5 Å². The fourth-order valence-electron chi connectivity index (χ4n) is 2.27. The minimum absolute atomic E-state index is 0.0571. The van der Waals surface area contributed by atoms with E-state index in [2.05, 4.69) is 15.6 Å². The molecule has 1 heterocycles. The molecule has 2 amide bonds. The van der Waals surface area contributed by atoms with Crippen molar-refractivity contribution in [2.24, 2.45) is 5.92 Å². The second-order valence-corrected chi connectivity index (χ2v) is 7.88. The Kier molecular flexibility index (Phi) is 6.50. The number of anilines is 1. The highest BCUT2D eigenvalue weighted by Crippen LogP contribution is 2.24. The van der Waals surface area contributed by atoms with Crippen molar-refractivity contribution in [3.63, 3.8) is 0 Å². The Morgan fingerprint density at radius 1 is 1.30 bits per heavy atom. The predicted molar refractivity (Wildman–Crippen MR) is 104 cm³/mol. The first kappa shape index (κ1) is 20.8. The van der Waals surface area contributed by atoms with Gasteiger partial charge in [0.25, 0.3) is 11.6 Å². The number of nitrogens with zero attached hydrogens (tertiary/aromatic N) is 2. The van der Waals surface area contributed by atoms with E-state index in [1.54, 1.807) is 13.8 Å². The fraction of sp³-hybridized carbons (Fsp3) is 0.353. The van der Waals surface area contributed by atoms with Gasteiger partial charge in [-0.15, -0.1) is 11.3 Å². The lowest BCUT2D eigenvalue weighted by Crippen LogP contribution is -2.47. The van der Waals surface area contributed by atoms with Crippen LogP contribution in [0.25, 0.3) is 0 Å². The van der Waals surface area contributed by atoms with Gasteiger partial charge >= 0.3 is 0 Å². The maximum absolute atomic E-state index is 12.6. The van der Waals surface area contributed by atoms with Crippen LogP contribution in [0, 0.1) is 29.9 Å². The molecular weight excluding hydrogens is 392 g/mol. The largest absolute Gasteiger partial charge is 0.340 e. The van der Waals surface area contributed by atoms with Crippen LogP contribution in [-0.4, -0.2) is 27.8 Å². The number of benzene rings is 1. The van der Waals surface area contributed by atoms with Crippen LogP contribution in [-0.2, 0) is 4.79 Å². The molecule has 0 aliphatic carbocycles. The SMILES string of the molecule is Cc1nc(NC(=O)C(NC(=O)c2ccc([N+](=O)[O-])cc2Cl)C(C)C)sc1C. The summed E-state index contributed by atoms with van der Waals surface area (Å²) < 4.78 is 0. The second-order valence-electron chi connectivity index (χ2n) is 6.27. The lowest BCUT2D eigenvalue weighted by Gasteiger charge is -2.21. The van der Waals surface area contributed by atoms with Crippen molar-refractivity contribution in [1.29, 1.82) is 0 Å². The maximum Gasteiger partial charge on any atom is 0.270 e. The van der Waals surface area contributed by atoms with Crippen LogP contribution in [0.3, 0.4) is 0 Å². The topological polar surface area (TPSA) is 114 Å². The molecule has 0 bridgehead atoms. The molecular formula is C17H19ClN4O4S. The van der Waals surface area contributed by atoms with Gasteiger partial charge in [-0.1, -0.05) is 25.4 Å². The van der Waals surface area contributed by atoms with Gasteiger partial charge in [-0.3, -0.25) is 19.7 Å². The molecule has 0 spiro atoms. The zero-order chi connectivity index (χ0) is 20.3. The molecule has 8 nitrogen and oxygen atoms in total. The van der Waals surface area contributed by atoms with Gasteiger partial charge in [0.1, 0.15) is 6.04 Å². The van der Waals surface area contributed by atoms with E-state index in [4.69, 9.17) is 11.6 Å². The van der Waals surface area contributed by atoms with Gasteiger partial charge in [0.15, 0.2) is 5.13 Å². The number of non-ortho nitro benzene ring substituents is 1. The van der Waals surface area contributed by atoms with Crippen LogP contribution in [0.4, 0.5) is 10.8 Å². The molecule has 1 aromatic carbocycles. The van der Waals surface area contributed by atoms with Crippen molar-refractivity contribution >= 4 is 45.6 Å². The molecule has 144 valence electrons. The first-order chi connectivity index (χ1) is 12.6. The predicted octanol–water partition coefficient (Wildman–Crippen LogP) is 3.71. The number of aromatic nitrogens is 1. The third kappa shape index (κ3) is 5.01. The number of carbonyl (C=O) groups is 2. The van der Waals surface area contributed by atoms with Gasteiger partial charge in [-0.25, -0.2) is 4.98 Å². The highest BCUT2D eigenvalue weighted by atomic mass is 35.5. The van der Waals surface area contributed by atoms with Crippen LogP contribution in [0.5, 0.6) is 0 Å². The molecule has 10 heteroatoms. The van der Waals surface area contributed by atoms with E-state index >= 15 is 0 Å². The number of thiazole rings is 1. The summed E-state index contributed by atoms with van der Waals surface area (Å²) in [5.41, 5.74) is 0.670. The molecule has 0 radical (unpaired) electrons. The number of aryl methyl sites for hydroxylation is 2. The molecule has 2 aromatic rings. The van der Waals surface area contributed by atoms with Gasteiger partial charge in [0, 0.05) is 17.0 Å². The summed E-state index contributed by atoms with van der Waals surface area (Å²) in [4.78, 5) is 40.5. The minimum Gasteiger partial charge on any atom is -0.340 e. The highest BCUT2D eigenvalue weighted by Gasteiger charge is 2.27. The number of hydrogen-bond donors (Lipinski definition) is 2. The molecule has 1 aromatic heterocycles. The Hall–Kier alpha value is -2.52. The smallest absolute Gasteiger partial charge is 0.270 e. The third-order valence-corrected chi connectivity index (χ3v) is 5.20. The molecule has 0 aliphatic rings. The molecule has 0 saturated carbocycles. The summed E-state index contributed by atoms with van der Waals surface area (Å²) in [7, 11) is 0. The number of nitrogens with one attached hydrogen (secondary N) is 2. The monoisotopic (exact) mass is 410 g/mol. The molecule has 2 rings (SSSR count). The van der Waals surface area contributed by atoms with E-state index in [1.807, 2.05) is 13.8 Å². The third-order valence-electron chi connectivity index (χ3n) is 3.90. The Labute approximate surface area is 165 Å². The molecule has 1 unspecified atom stereocenters. The Bertz CT molecular complexity index is 878. The number of nitro benzene ring substituents is 1. The lowest BCUT2D eigenvalue weighted by molar-refractivity contribution is -0.384. The highest BCUT2D eigenvalue weighted by molar-refractivity contribution is 7.15. The summed E-state index contributed by atoms with van der Waals surface area (Å²) in [5, 5.41) is 16.5. The van der Waals surface area contributed by atoms with E-state index in [0.717, 1.165) is 16.6 Å². The number of halogens is 1. The normalized spacial score (nSPS) is 11.9. The van der Waals surface area contributed by atoms with Gasteiger partial charge in [-0.2, -0.15) is 0 Å². The number of carbonyl (C=O) groups excluding carboxylic acids is 2. The number of rotatable bonds is 6. The molecule has 0 fully saturated rings. The average Bonchev–Trinajstić information content (AvgIpc) is 2.89. The Morgan fingerprint density at radius 3 is 2.44 bits per heavy atom. The summed E-state index contributed by atoms with van der Waals surface area (Å²) >= 11 is 7.34. The summed E-state index contributed by atoms with van der Waals surface area (Å²) in [5.74, 6) is -1.19. The van der Waals surface area contributed by atoms with E-state index in [0.29, 0.717) is 5.13 Å². The van der Waals surface area contributed by atoms with E-state index in [1.165, 1.54) is 23.5 Å². The Morgan fingerprint density at radius 2 is 1.96 bits per heavy atom. The standard InChI is InChI=1S/C17H19ClN4O4S/c1-8(2)14(16(24)21-17-19-9(3)10(4)27-17)20-15(23)12-6-5-11(22(25)26)7-13(12)18/h5-8,14H,1-4H3,(H,20,23)(H,19,21,24). The van der Waals surface area contributed by atoms with Gasteiger partial charge in [-0.05, 0) is 25.8 Å². The fourth-order valence-corrected chi connectivity index (χ4v) is 3.34. The van der Waals surface area contributed by atoms with Crippen molar-refractivity contribution in [3.8, 4) is 0 Å². The lowest BCUT2D eigenvalue weighted by atomic mass is 10.0. The molecule has 27 heavy (non-hydrogen) atoms. The van der Waals surface area contributed by atoms with Gasteiger partial charge < -0.3 is 10.6 Å². The van der Waals surface area contributed by atoms with E-state index in [-0.39, 0.29) is 22.2 Å². The summed E-state index contributed by atoms with van der Waals surface area (Å²) in [6.45, 7) is 7.33. The van der Waals surface area contributed by atoms with E-state index < -0.39 is 22.8 Å². The van der Waals surface area contributed by atoms with Crippen LogP contribution in [0.2, 0.25) is 5.02 Å². The molecule has 1 atom stereocenters. The first-order valence-electron chi connectivity index (χ1n) is 8.09.